The highest BCUT2D eigenvalue weighted by molar-refractivity contribution is 5.92. The van der Waals surface area contributed by atoms with Crippen molar-refractivity contribution in [3.63, 3.8) is 0 Å². The molecule has 1 aromatic rings. The summed E-state index contributed by atoms with van der Waals surface area (Å²) >= 11 is 0. The van der Waals surface area contributed by atoms with E-state index in [0.29, 0.717) is 0 Å². The molecule has 4 heteroatoms. The Hall–Kier alpha value is -1.84. The van der Waals surface area contributed by atoms with Crippen LogP contribution < -0.4 is 11.1 Å². The van der Waals surface area contributed by atoms with E-state index < -0.39 is 5.91 Å². The molecule has 0 aromatic heterocycles. The molecule has 0 heterocycles. The average molecular weight is 248 g/mol. The molecule has 2 amide bonds. The summed E-state index contributed by atoms with van der Waals surface area (Å²) < 4.78 is 0. The van der Waals surface area contributed by atoms with Crippen molar-refractivity contribution >= 4 is 17.5 Å². The van der Waals surface area contributed by atoms with Crippen LogP contribution >= 0.6 is 0 Å². The second kappa shape index (κ2) is 5.67. The molecule has 98 valence electrons. The van der Waals surface area contributed by atoms with Crippen molar-refractivity contribution in [1.29, 1.82) is 0 Å². The number of hydrogen-bond donors (Lipinski definition) is 2. The predicted octanol–water partition coefficient (Wildman–Crippen LogP) is 2.19. The van der Waals surface area contributed by atoms with Crippen LogP contribution in [-0.4, -0.2) is 11.8 Å². The van der Waals surface area contributed by atoms with Crippen molar-refractivity contribution in [2.24, 2.45) is 5.73 Å². The molecule has 1 rings (SSSR count). The fourth-order valence-electron chi connectivity index (χ4n) is 1.51. The minimum atomic E-state index is -0.465. The lowest BCUT2D eigenvalue weighted by molar-refractivity contribution is -0.122. The van der Waals surface area contributed by atoms with Gasteiger partial charge < -0.3 is 11.1 Å². The van der Waals surface area contributed by atoms with Gasteiger partial charge in [0.2, 0.25) is 11.8 Å². The van der Waals surface area contributed by atoms with Gasteiger partial charge in [-0.1, -0.05) is 32.9 Å². The number of benzene rings is 1. The van der Waals surface area contributed by atoms with E-state index in [1.165, 1.54) is 5.56 Å². The lowest BCUT2D eigenvalue weighted by atomic mass is 9.87. The molecule has 1 aromatic carbocycles. The molecule has 0 aliphatic rings. The van der Waals surface area contributed by atoms with Crippen LogP contribution in [0.25, 0.3) is 0 Å². The molecule has 3 N–H and O–H groups in total. The summed E-state index contributed by atoms with van der Waals surface area (Å²) in [6, 6.07) is 7.71. The third-order valence-electron chi connectivity index (χ3n) is 2.63. The summed E-state index contributed by atoms with van der Waals surface area (Å²) in [5, 5.41) is 2.73. The van der Waals surface area contributed by atoms with E-state index in [2.05, 4.69) is 26.1 Å². The Kier molecular flexibility index (Phi) is 4.48. The van der Waals surface area contributed by atoms with E-state index in [1.807, 2.05) is 24.3 Å². The summed E-state index contributed by atoms with van der Waals surface area (Å²) in [6.07, 6.45) is 0.197. The number of carbonyl (C=O) groups is 2. The fourth-order valence-corrected chi connectivity index (χ4v) is 1.51. The molecular formula is C14H20N2O2. The summed E-state index contributed by atoms with van der Waals surface area (Å²) in [5.74, 6) is -0.662. The van der Waals surface area contributed by atoms with Gasteiger partial charge in [0.05, 0.1) is 0 Å². The summed E-state index contributed by atoms with van der Waals surface area (Å²) in [7, 11) is 0. The second-order valence-corrected chi connectivity index (χ2v) is 5.34. The number of amides is 2. The number of rotatable bonds is 4. The van der Waals surface area contributed by atoms with Gasteiger partial charge >= 0.3 is 0 Å². The van der Waals surface area contributed by atoms with Crippen LogP contribution in [0.15, 0.2) is 24.3 Å². The minimum absolute atomic E-state index is 0.0753. The number of nitrogens with two attached hydrogens (primary N) is 1. The zero-order valence-corrected chi connectivity index (χ0v) is 11.1. The molecule has 0 saturated heterocycles. The molecule has 0 unspecified atom stereocenters. The Morgan fingerprint density at radius 2 is 1.67 bits per heavy atom. The normalized spacial score (nSPS) is 11.1. The van der Waals surface area contributed by atoms with Gasteiger partial charge in [0.15, 0.2) is 0 Å². The van der Waals surface area contributed by atoms with Crippen molar-refractivity contribution < 1.29 is 9.59 Å². The number of primary amides is 1. The van der Waals surface area contributed by atoms with Crippen molar-refractivity contribution in [2.75, 3.05) is 5.32 Å². The first kappa shape index (κ1) is 14.2. The summed E-state index contributed by atoms with van der Waals surface area (Å²) in [4.78, 5) is 22.0. The van der Waals surface area contributed by atoms with Gasteiger partial charge in [-0.2, -0.15) is 0 Å². The van der Waals surface area contributed by atoms with Crippen molar-refractivity contribution in [2.45, 2.75) is 39.0 Å². The average Bonchev–Trinajstić information content (AvgIpc) is 2.26. The lowest BCUT2D eigenvalue weighted by Crippen LogP contribution is -2.17. The van der Waals surface area contributed by atoms with E-state index in [4.69, 9.17) is 5.73 Å². The molecule has 0 atom stereocenters. The van der Waals surface area contributed by atoms with Gasteiger partial charge in [-0.3, -0.25) is 9.59 Å². The van der Waals surface area contributed by atoms with Crippen LogP contribution in [0, 0.1) is 0 Å². The third kappa shape index (κ3) is 4.57. The molecule has 0 aliphatic heterocycles. The molecule has 0 aliphatic carbocycles. The van der Waals surface area contributed by atoms with Crippen LogP contribution in [0.1, 0.15) is 39.2 Å². The maximum Gasteiger partial charge on any atom is 0.224 e. The first-order valence-corrected chi connectivity index (χ1v) is 5.98. The van der Waals surface area contributed by atoms with E-state index >= 15 is 0 Å². The number of carbonyl (C=O) groups excluding carboxylic acids is 2. The van der Waals surface area contributed by atoms with Crippen LogP contribution in [0.2, 0.25) is 0 Å². The first-order valence-electron chi connectivity index (χ1n) is 5.98. The van der Waals surface area contributed by atoms with Crippen molar-refractivity contribution in [1.82, 2.24) is 0 Å². The Morgan fingerprint density at radius 3 is 2.11 bits per heavy atom. The SMILES string of the molecule is CC(C)(C)c1ccc(NC(=O)CCC(N)=O)cc1. The Morgan fingerprint density at radius 1 is 1.11 bits per heavy atom. The Balaban J connectivity index is 2.59. The molecule has 0 fully saturated rings. The van der Waals surface area contributed by atoms with E-state index in [9.17, 15) is 9.59 Å². The highest BCUT2D eigenvalue weighted by Crippen LogP contribution is 2.23. The van der Waals surface area contributed by atoms with E-state index in [1.54, 1.807) is 0 Å². The zero-order chi connectivity index (χ0) is 13.8. The highest BCUT2D eigenvalue weighted by atomic mass is 16.2. The topological polar surface area (TPSA) is 72.2 Å². The maximum atomic E-state index is 11.5. The fraction of sp³-hybridized carbons (Fsp3) is 0.429. The van der Waals surface area contributed by atoms with E-state index in [0.717, 1.165) is 5.69 Å². The third-order valence-corrected chi connectivity index (χ3v) is 2.63. The molecule has 18 heavy (non-hydrogen) atoms. The van der Waals surface area contributed by atoms with Crippen LogP contribution in [-0.2, 0) is 15.0 Å². The van der Waals surface area contributed by atoms with Crippen LogP contribution in [0.3, 0.4) is 0 Å². The van der Waals surface area contributed by atoms with Gasteiger partial charge in [0.1, 0.15) is 0 Å². The molecule has 4 nitrogen and oxygen atoms in total. The predicted molar refractivity (Wildman–Crippen MR) is 72.2 cm³/mol. The molecule has 0 spiro atoms. The largest absolute Gasteiger partial charge is 0.370 e. The summed E-state index contributed by atoms with van der Waals surface area (Å²) in [6.45, 7) is 6.40. The monoisotopic (exact) mass is 248 g/mol. The molecule has 0 saturated carbocycles. The van der Waals surface area contributed by atoms with Crippen LogP contribution in [0.4, 0.5) is 5.69 Å². The quantitative estimate of drug-likeness (QED) is 0.857. The lowest BCUT2D eigenvalue weighted by Gasteiger charge is -2.19. The molecular weight excluding hydrogens is 228 g/mol. The smallest absolute Gasteiger partial charge is 0.224 e. The van der Waals surface area contributed by atoms with Gasteiger partial charge in [-0.15, -0.1) is 0 Å². The number of nitrogens with one attached hydrogen (secondary N) is 1. The second-order valence-electron chi connectivity index (χ2n) is 5.34. The number of anilines is 1. The van der Waals surface area contributed by atoms with Gasteiger partial charge in [0.25, 0.3) is 0 Å². The Bertz CT molecular complexity index is 430. The van der Waals surface area contributed by atoms with Crippen LogP contribution in [0.5, 0.6) is 0 Å². The highest BCUT2D eigenvalue weighted by Gasteiger charge is 2.13. The van der Waals surface area contributed by atoms with E-state index in [-0.39, 0.29) is 24.2 Å². The number of hydrogen-bond acceptors (Lipinski definition) is 2. The van der Waals surface area contributed by atoms with Gasteiger partial charge in [-0.05, 0) is 23.1 Å². The Labute approximate surface area is 108 Å². The summed E-state index contributed by atoms with van der Waals surface area (Å²) in [5.41, 5.74) is 7.01. The molecule has 0 radical (unpaired) electrons. The van der Waals surface area contributed by atoms with Gasteiger partial charge in [0, 0.05) is 18.5 Å². The first-order chi connectivity index (χ1) is 8.29. The van der Waals surface area contributed by atoms with Crippen molar-refractivity contribution in [3.05, 3.63) is 29.8 Å². The van der Waals surface area contributed by atoms with Crippen molar-refractivity contribution in [3.8, 4) is 0 Å². The van der Waals surface area contributed by atoms with Gasteiger partial charge in [-0.25, -0.2) is 0 Å². The maximum absolute atomic E-state index is 11.5. The minimum Gasteiger partial charge on any atom is -0.370 e. The molecule has 0 bridgehead atoms. The zero-order valence-electron chi connectivity index (χ0n) is 11.1. The standard InChI is InChI=1S/C14H20N2O2/c1-14(2,3)10-4-6-11(7-5-10)16-13(18)9-8-12(15)17/h4-7H,8-9H2,1-3H3,(H2,15,17)(H,16,18).